The first-order valence-corrected chi connectivity index (χ1v) is 9.54. The Hall–Kier alpha value is -3.76. The number of hydrogen-bond acceptors (Lipinski definition) is 7. The largest absolute Gasteiger partial charge is 0.496 e. The van der Waals surface area contributed by atoms with Crippen molar-refractivity contribution in [2.24, 2.45) is 11.1 Å². The maximum Gasteiger partial charge on any atom is 0.353 e. The third kappa shape index (κ3) is 10.4. The van der Waals surface area contributed by atoms with Gasteiger partial charge in [0.25, 0.3) is 0 Å². The van der Waals surface area contributed by atoms with Gasteiger partial charge in [-0.25, -0.2) is 19.5 Å². The van der Waals surface area contributed by atoms with Crippen LogP contribution < -0.4 is 15.4 Å². The predicted molar refractivity (Wildman–Crippen MR) is 121 cm³/mol. The van der Waals surface area contributed by atoms with Crippen molar-refractivity contribution in [3.8, 4) is 11.5 Å². The number of nitrogens with two attached hydrogens (primary N) is 1. The molecule has 2 aromatic rings. The molecule has 0 aromatic heterocycles. The number of oxime groups is 1. The molecule has 8 nitrogen and oxygen atoms in total. The van der Waals surface area contributed by atoms with Crippen LogP contribution in [0.25, 0.3) is 12.2 Å². The molecule has 0 radical (unpaired) electrons. The second-order valence-corrected chi connectivity index (χ2v) is 6.19. The quantitative estimate of drug-likeness (QED) is 0.310. The van der Waals surface area contributed by atoms with Gasteiger partial charge in [0.1, 0.15) is 29.7 Å². The summed E-state index contributed by atoms with van der Waals surface area (Å²) in [6.45, 7) is 1.67. The van der Waals surface area contributed by atoms with E-state index in [9.17, 15) is 13.6 Å². The van der Waals surface area contributed by atoms with Crippen molar-refractivity contribution in [3.63, 3.8) is 0 Å². The average Bonchev–Trinajstić information content (AvgIpc) is 2.79. The van der Waals surface area contributed by atoms with E-state index in [1.54, 1.807) is 30.4 Å². The van der Waals surface area contributed by atoms with Gasteiger partial charge in [-0.2, -0.15) is 0 Å². The summed E-state index contributed by atoms with van der Waals surface area (Å²) in [5.74, 6) is 4.15. The third-order valence-electron chi connectivity index (χ3n) is 3.85. The molecule has 0 aliphatic heterocycles. The Morgan fingerprint density at radius 3 is 1.88 bits per heavy atom. The second-order valence-electron chi connectivity index (χ2n) is 6.19. The van der Waals surface area contributed by atoms with E-state index in [0.29, 0.717) is 22.6 Å². The molecule has 0 bridgehead atoms. The second kappa shape index (κ2) is 15.1. The van der Waals surface area contributed by atoms with Gasteiger partial charge >= 0.3 is 5.97 Å². The minimum atomic E-state index is -1.14. The zero-order chi connectivity index (χ0) is 24.6. The van der Waals surface area contributed by atoms with E-state index in [2.05, 4.69) is 9.99 Å². The van der Waals surface area contributed by atoms with Gasteiger partial charge in [0, 0.05) is 11.1 Å². The molecule has 0 unspecified atom stereocenters. The lowest BCUT2D eigenvalue weighted by Crippen LogP contribution is -2.08. The van der Waals surface area contributed by atoms with Crippen molar-refractivity contribution in [1.29, 1.82) is 0 Å². The van der Waals surface area contributed by atoms with Crippen molar-refractivity contribution >= 4 is 23.8 Å². The van der Waals surface area contributed by atoms with Crippen molar-refractivity contribution in [3.05, 3.63) is 71.3 Å². The summed E-state index contributed by atoms with van der Waals surface area (Å²) in [4.78, 5) is 19.5. The van der Waals surface area contributed by atoms with Gasteiger partial charge in [0.05, 0.1) is 20.8 Å². The van der Waals surface area contributed by atoms with Crippen LogP contribution in [0.3, 0.4) is 0 Å². The highest BCUT2D eigenvalue weighted by Crippen LogP contribution is 2.21. The maximum atomic E-state index is 13.0. The Morgan fingerprint density at radius 1 is 0.970 bits per heavy atom. The maximum absolute atomic E-state index is 13.0. The summed E-state index contributed by atoms with van der Waals surface area (Å²) >= 11 is 0. The molecular weight excluding hydrogens is 438 g/mol. The summed E-state index contributed by atoms with van der Waals surface area (Å²) in [5, 5.41) is 11.9. The van der Waals surface area contributed by atoms with Crippen LogP contribution in [0.2, 0.25) is 0 Å². The minimum Gasteiger partial charge on any atom is -0.496 e. The Labute approximate surface area is 190 Å². The van der Waals surface area contributed by atoms with Crippen LogP contribution >= 0.6 is 0 Å². The number of ether oxygens (including phenoxy) is 2. The van der Waals surface area contributed by atoms with Gasteiger partial charge in [0.15, 0.2) is 5.71 Å². The van der Waals surface area contributed by atoms with Crippen molar-refractivity contribution in [2.75, 3.05) is 27.4 Å². The highest BCUT2D eigenvalue weighted by atomic mass is 19.1. The fraction of sp³-hybridized carbons (Fsp3) is 0.217. The van der Waals surface area contributed by atoms with Gasteiger partial charge in [-0.3, -0.25) is 0 Å². The monoisotopic (exact) mass is 464 g/mol. The van der Waals surface area contributed by atoms with E-state index in [1.807, 2.05) is 0 Å². The van der Waals surface area contributed by atoms with E-state index >= 15 is 0 Å². The first kappa shape index (κ1) is 27.3. The standard InChI is InChI=1S/C13H14FNO4.C10H12FNO2/c1-9(13(16)17)15-19-7-3-4-10-8-11(14)5-6-12(10)18-2;1-13-10-5-4-9(11)7-8(10)3-2-6-14-12/h3-6,8H,7H2,1-2H3,(H,16,17);2-5,7H,6,12H2,1H3. The molecule has 0 aliphatic rings. The van der Waals surface area contributed by atoms with Gasteiger partial charge in [0.2, 0.25) is 0 Å². The molecule has 33 heavy (non-hydrogen) atoms. The lowest BCUT2D eigenvalue weighted by atomic mass is 10.2. The molecule has 2 aromatic carbocycles. The van der Waals surface area contributed by atoms with Crippen LogP contribution in [0.5, 0.6) is 11.5 Å². The van der Waals surface area contributed by atoms with Crippen LogP contribution in [0.1, 0.15) is 18.1 Å². The molecular formula is C23H26F2N2O6. The number of aliphatic carboxylic acids is 1. The molecule has 0 amide bonds. The van der Waals surface area contributed by atoms with Crippen LogP contribution in [-0.4, -0.2) is 44.2 Å². The molecule has 178 valence electrons. The van der Waals surface area contributed by atoms with E-state index in [-0.39, 0.29) is 30.6 Å². The number of benzene rings is 2. The third-order valence-corrected chi connectivity index (χ3v) is 3.85. The fourth-order valence-electron chi connectivity index (χ4n) is 2.29. The molecule has 0 saturated carbocycles. The number of nitrogens with zero attached hydrogens (tertiary/aromatic N) is 1. The summed E-state index contributed by atoms with van der Waals surface area (Å²) in [6.07, 6.45) is 6.55. The molecule has 0 heterocycles. The predicted octanol–water partition coefficient (Wildman–Crippen LogP) is 4.06. The number of halogens is 2. The number of rotatable bonds is 10. The van der Waals surface area contributed by atoms with E-state index in [0.717, 1.165) is 0 Å². The van der Waals surface area contributed by atoms with E-state index < -0.39 is 5.97 Å². The zero-order valence-electron chi connectivity index (χ0n) is 18.5. The Morgan fingerprint density at radius 2 is 1.45 bits per heavy atom. The number of carboxylic acids is 1. The fourth-order valence-corrected chi connectivity index (χ4v) is 2.29. The normalized spacial score (nSPS) is 11.3. The summed E-state index contributed by atoms with van der Waals surface area (Å²) in [5.41, 5.74) is 1.08. The molecule has 0 aliphatic carbocycles. The molecule has 3 N–H and O–H groups in total. The molecule has 0 fully saturated rings. The minimum absolute atomic E-state index is 0.0737. The first-order valence-electron chi connectivity index (χ1n) is 9.54. The summed E-state index contributed by atoms with van der Waals surface area (Å²) < 4.78 is 36.0. The number of carboxylic acid groups (broad SMARTS) is 1. The highest BCUT2D eigenvalue weighted by Gasteiger charge is 2.02. The molecule has 0 saturated heterocycles. The smallest absolute Gasteiger partial charge is 0.353 e. The highest BCUT2D eigenvalue weighted by molar-refractivity contribution is 6.34. The van der Waals surface area contributed by atoms with Gasteiger partial charge in [-0.1, -0.05) is 23.4 Å². The number of methoxy groups -OCH3 is 2. The van der Waals surface area contributed by atoms with E-state index in [4.69, 9.17) is 25.3 Å². The topological polar surface area (TPSA) is 113 Å². The molecule has 10 heteroatoms. The molecule has 0 spiro atoms. The SMILES string of the molecule is COc1ccc(F)cc1C=CCON.COc1ccc(F)cc1C=CCON=C(C)C(=O)O. The van der Waals surface area contributed by atoms with E-state index in [1.165, 1.54) is 51.5 Å². The van der Waals surface area contributed by atoms with Gasteiger partial charge in [-0.05, 0) is 49.4 Å². The number of hydrogen-bond donors (Lipinski definition) is 2. The van der Waals surface area contributed by atoms with Gasteiger partial charge in [-0.15, -0.1) is 0 Å². The average molecular weight is 464 g/mol. The van der Waals surface area contributed by atoms with Crippen LogP contribution in [0, 0.1) is 11.6 Å². The van der Waals surface area contributed by atoms with Crippen molar-refractivity contribution < 1.29 is 37.8 Å². The lowest BCUT2D eigenvalue weighted by molar-refractivity contribution is -0.129. The Balaban J connectivity index is 0.000000346. The van der Waals surface area contributed by atoms with Crippen LogP contribution in [-0.2, 0) is 14.5 Å². The number of carbonyl (C=O) groups is 1. The van der Waals surface area contributed by atoms with Crippen molar-refractivity contribution in [1.82, 2.24) is 0 Å². The lowest BCUT2D eigenvalue weighted by Gasteiger charge is -2.04. The Bertz CT molecular complexity index is 993. The Kier molecular flexibility index (Phi) is 12.5. The molecule has 0 atom stereocenters. The zero-order valence-corrected chi connectivity index (χ0v) is 18.5. The van der Waals surface area contributed by atoms with Crippen LogP contribution in [0.15, 0.2) is 53.7 Å². The summed E-state index contributed by atoms with van der Waals surface area (Å²) in [7, 11) is 3.02. The van der Waals surface area contributed by atoms with Gasteiger partial charge < -0.3 is 24.3 Å². The summed E-state index contributed by atoms with van der Waals surface area (Å²) in [6, 6.07) is 8.43. The van der Waals surface area contributed by atoms with Crippen LogP contribution in [0.4, 0.5) is 8.78 Å². The molecule has 2 rings (SSSR count). The first-order chi connectivity index (χ1) is 15.8. The van der Waals surface area contributed by atoms with Crippen molar-refractivity contribution in [2.45, 2.75) is 6.92 Å².